The first-order valence-corrected chi connectivity index (χ1v) is 26.9. The SMILES string of the molecule is CC(C)C[C@H](NC(=O)[C@H](CCCCN)NC(=O)[C@@H](N)CCCN=C(N)N)C(=O)N1CCC[C@H]1C(=O)N1CCC[C@H]1C(=O)N[C@@H](CCCN=C(N)N)C(=O)N1CCC[C@H]1C(=O)N[C@@H](C)C(=O)N[C@@H](Cc1ccccc1)C(=O)O. The zero-order chi connectivity index (χ0) is 56.8. The number of guanidine groups is 2. The van der Waals surface area contributed by atoms with Crippen LogP contribution in [0.3, 0.4) is 0 Å². The number of hydrogen-bond acceptors (Lipinski definition) is 13. The van der Waals surface area contributed by atoms with Gasteiger partial charge in [-0.15, -0.1) is 0 Å². The third kappa shape index (κ3) is 19.5. The van der Waals surface area contributed by atoms with Crippen LogP contribution in [0, 0.1) is 5.92 Å². The lowest BCUT2D eigenvalue weighted by molar-refractivity contribution is -0.148. The van der Waals surface area contributed by atoms with Gasteiger partial charge in [-0.25, -0.2) is 4.79 Å². The summed E-state index contributed by atoms with van der Waals surface area (Å²) < 4.78 is 0. The number of carboxylic acids is 1. The molecule has 18 N–H and O–H groups in total. The van der Waals surface area contributed by atoms with Gasteiger partial charge in [0, 0.05) is 39.1 Å². The van der Waals surface area contributed by atoms with Crippen LogP contribution in [-0.4, -0.2) is 179 Å². The minimum atomic E-state index is -1.27. The van der Waals surface area contributed by atoms with Gasteiger partial charge in [0.2, 0.25) is 47.3 Å². The van der Waals surface area contributed by atoms with Gasteiger partial charge in [0.1, 0.15) is 48.3 Å². The first-order valence-electron chi connectivity index (χ1n) is 26.9. The molecule has 0 bridgehead atoms. The third-order valence-electron chi connectivity index (χ3n) is 13.9. The molecule has 0 aromatic heterocycles. The molecule has 0 saturated carbocycles. The fourth-order valence-electron chi connectivity index (χ4n) is 9.89. The Balaban J connectivity index is 1.46. The summed E-state index contributed by atoms with van der Waals surface area (Å²) in [7, 11) is 0. The van der Waals surface area contributed by atoms with Gasteiger partial charge in [0.25, 0.3) is 0 Å². The second kappa shape index (κ2) is 31.2. The van der Waals surface area contributed by atoms with Crippen molar-refractivity contribution in [2.45, 2.75) is 171 Å². The Hall–Kier alpha value is -7.09. The molecule has 3 saturated heterocycles. The summed E-state index contributed by atoms with van der Waals surface area (Å²) in [6.45, 7) is 6.52. The topological polar surface area (TPSA) is 425 Å². The summed E-state index contributed by atoms with van der Waals surface area (Å²) >= 11 is 0. The van der Waals surface area contributed by atoms with Crippen molar-refractivity contribution in [1.29, 1.82) is 0 Å². The largest absolute Gasteiger partial charge is 0.480 e. The number of nitrogens with two attached hydrogens (primary N) is 6. The summed E-state index contributed by atoms with van der Waals surface area (Å²) in [6.07, 6.45) is 4.71. The molecule has 0 unspecified atom stereocenters. The van der Waals surface area contributed by atoms with Crippen LogP contribution in [0.2, 0.25) is 0 Å². The standard InChI is InChI=1S/C51H84N16O10/c1-30(2)28-36(63-43(70)34(17-7-8-22-52)61-42(69)33(53)16-9-23-58-50(54)55)47(74)67-27-13-21-40(67)48(75)66-26-12-20-39(66)45(72)62-35(18-10-24-59-51(56)57)46(73)65-25-11-19-38(65)44(71)60-31(3)41(68)64-37(49(76)77)29-32-14-5-4-6-15-32/h4-6,14-15,30-31,33-40H,7-13,16-29,52-53H2,1-3H3,(H,60,71)(H,61,69)(H,62,72)(H,63,70)(H,64,68)(H,76,77)(H4,54,55,58)(H4,56,57,59)/t31-,33-,34-,35-,36-,37-,38-,39-,40-/m0/s1. The molecule has 4 rings (SSSR count). The number of hydrogen-bond donors (Lipinski definition) is 12. The molecule has 0 radical (unpaired) electrons. The monoisotopic (exact) mass is 1080 g/mol. The number of carbonyl (C=O) groups is 9. The maximum atomic E-state index is 14.6. The number of nitrogens with one attached hydrogen (secondary N) is 5. The Kier molecular flexibility index (Phi) is 25.3. The molecule has 3 fully saturated rings. The first-order chi connectivity index (χ1) is 36.6. The Bertz CT molecular complexity index is 2240. The van der Waals surface area contributed by atoms with E-state index in [0.29, 0.717) is 57.1 Å². The van der Waals surface area contributed by atoms with Gasteiger partial charge in [-0.1, -0.05) is 44.2 Å². The van der Waals surface area contributed by atoms with Crippen LogP contribution < -0.4 is 61.0 Å². The predicted octanol–water partition coefficient (Wildman–Crippen LogP) is -2.66. The van der Waals surface area contributed by atoms with Crippen molar-refractivity contribution < 1.29 is 48.3 Å². The number of unbranched alkanes of at least 4 members (excludes halogenated alkanes) is 1. The van der Waals surface area contributed by atoms with Crippen molar-refractivity contribution in [2.75, 3.05) is 39.3 Å². The van der Waals surface area contributed by atoms with Crippen LogP contribution >= 0.6 is 0 Å². The molecule has 0 aliphatic carbocycles. The number of likely N-dealkylation sites (tertiary alicyclic amines) is 3. The lowest BCUT2D eigenvalue weighted by Crippen LogP contribution is -2.59. The normalized spacial score (nSPS) is 19.5. The maximum absolute atomic E-state index is 14.6. The summed E-state index contributed by atoms with van der Waals surface area (Å²) in [5.41, 5.74) is 34.5. The number of amides is 8. The Morgan fingerprint density at radius 2 is 1.10 bits per heavy atom. The fourth-order valence-corrected chi connectivity index (χ4v) is 9.89. The molecule has 3 aliphatic rings. The van der Waals surface area contributed by atoms with Gasteiger partial charge in [0.15, 0.2) is 11.9 Å². The van der Waals surface area contributed by atoms with Gasteiger partial charge in [-0.2, -0.15) is 0 Å². The highest BCUT2D eigenvalue weighted by Crippen LogP contribution is 2.27. The van der Waals surface area contributed by atoms with Crippen LogP contribution in [0.25, 0.3) is 0 Å². The van der Waals surface area contributed by atoms with Gasteiger partial charge in [0.05, 0.1) is 6.04 Å². The molecule has 3 aliphatic heterocycles. The number of aliphatic imine (C=N–C) groups is 2. The Morgan fingerprint density at radius 3 is 1.69 bits per heavy atom. The summed E-state index contributed by atoms with van der Waals surface area (Å²) in [6, 6.07) is -0.914. The smallest absolute Gasteiger partial charge is 0.326 e. The second-order valence-corrected chi connectivity index (χ2v) is 20.5. The maximum Gasteiger partial charge on any atom is 0.326 e. The van der Waals surface area contributed by atoms with E-state index < -0.39 is 108 Å². The molecule has 3 heterocycles. The lowest BCUT2D eigenvalue weighted by atomic mass is 10.0. The highest BCUT2D eigenvalue weighted by atomic mass is 16.4. The summed E-state index contributed by atoms with van der Waals surface area (Å²) in [5, 5.41) is 23.4. The summed E-state index contributed by atoms with van der Waals surface area (Å²) in [4.78, 5) is 136. The van der Waals surface area contributed by atoms with E-state index in [2.05, 4.69) is 36.6 Å². The Morgan fingerprint density at radius 1 is 0.597 bits per heavy atom. The average Bonchev–Trinajstić information content (AvgIpc) is 4.20. The second-order valence-electron chi connectivity index (χ2n) is 20.5. The molecule has 1 aromatic rings. The van der Waals surface area contributed by atoms with E-state index in [4.69, 9.17) is 34.4 Å². The van der Waals surface area contributed by atoms with E-state index in [1.807, 2.05) is 13.8 Å². The van der Waals surface area contributed by atoms with Crippen LogP contribution in [-0.2, 0) is 49.6 Å². The first kappa shape index (κ1) is 62.4. The number of carbonyl (C=O) groups excluding carboxylic acids is 8. The third-order valence-corrected chi connectivity index (χ3v) is 13.9. The molecule has 9 atom stereocenters. The van der Waals surface area contributed by atoms with E-state index in [1.165, 1.54) is 21.6 Å². The zero-order valence-corrected chi connectivity index (χ0v) is 44.8. The van der Waals surface area contributed by atoms with Crippen molar-refractivity contribution in [1.82, 2.24) is 41.3 Å². The highest BCUT2D eigenvalue weighted by molar-refractivity contribution is 5.98. The molecule has 77 heavy (non-hydrogen) atoms. The van der Waals surface area contributed by atoms with E-state index in [1.54, 1.807) is 30.3 Å². The number of nitrogens with zero attached hydrogens (tertiary/aromatic N) is 5. The van der Waals surface area contributed by atoms with Crippen molar-refractivity contribution in [3.8, 4) is 0 Å². The van der Waals surface area contributed by atoms with Gasteiger partial charge in [-0.05, 0) is 115 Å². The van der Waals surface area contributed by atoms with E-state index in [9.17, 15) is 48.3 Å². The molecule has 8 amide bonds. The number of carboxylic acid groups (broad SMARTS) is 1. The molecule has 1 aromatic carbocycles. The van der Waals surface area contributed by atoms with E-state index in [-0.39, 0.29) is 102 Å². The van der Waals surface area contributed by atoms with E-state index >= 15 is 0 Å². The highest BCUT2D eigenvalue weighted by Gasteiger charge is 2.45. The fraction of sp³-hybridized carbons (Fsp3) is 0.667. The van der Waals surface area contributed by atoms with Crippen LogP contribution in [0.5, 0.6) is 0 Å². The van der Waals surface area contributed by atoms with Crippen LogP contribution in [0.4, 0.5) is 0 Å². The molecular weight excluding hydrogens is 997 g/mol. The van der Waals surface area contributed by atoms with Gasteiger partial charge >= 0.3 is 5.97 Å². The quantitative estimate of drug-likeness (QED) is 0.0213. The Labute approximate surface area is 450 Å². The van der Waals surface area contributed by atoms with E-state index in [0.717, 1.165) is 0 Å². The lowest BCUT2D eigenvalue weighted by Gasteiger charge is -2.34. The number of benzene rings is 1. The summed E-state index contributed by atoms with van der Waals surface area (Å²) in [5.74, 6) is -6.22. The van der Waals surface area contributed by atoms with Crippen LogP contribution in [0.1, 0.15) is 116 Å². The average molecular weight is 1080 g/mol. The number of aliphatic carboxylic acids is 1. The number of rotatable bonds is 30. The van der Waals surface area contributed by atoms with Gasteiger partial charge < -0.3 is 80.8 Å². The minimum absolute atomic E-state index is 0.0138. The van der Waals surface area contributed by atoms with Crippen molar-refractivity contribution in [2.24, 2.45) is 50.3 Å². The van der Waals surface area contributed by atoms with Crippen molar-refractivity contribution in [3.63, 3.8) is 0 Å². The molecular formula is C51H84N16O10. The predicted molar refractivity (Wildman–Crippen MR) is 287 cm³/mol. The van der Waals surface area contributed by atoms with Crippen LogP contribution in [0.15, 0.2) is 40.3 Å². The molecule has 26 nitrogen and oxygen atoms in total. The molecule has 0 spiro atoms. The zero-order valence-electron chi connectivity index (χ0n) is 44.8. The van der Waals surface area contributed by atoms with Crippen molar-refractivity contribution >= 4 is 65.1 Å². The minimum Gasteiger partial charge on any atom is -0.480 e. The van der Waals surface area contributed by atoms with Gasteiger partial charge in [-0.3, -0.25) is 48.3 Å². The molecule has 428 valence electrons. The van der Waals surface area contributed by atoms with Crippen molar-refractivity contribution in [3.05, 3.63) is 35.9 Å². The molecule has 26 heteroatoms.